The first-order chi connectivity index (χ1) is 13.5. The standard InChI is InChI=1S/C23H23NO3S/c1-23(2,3)20-14-28-22(24-20)21-18(17-9-4-5-10-19(17)27-21)13-26-16-8-6-7-15(11-16)12-25/h4-11,14,25H,12-13H2,1-3H3. The normalized spacial score (nSPS) is 11.9. The summed E-state index contributed by atoms with van der Waals surface area (Å²) in [6.45, 7) is 6.82. The molecule has 2 aromatic heterocycles. The second-order valence-electron chi connectivity index (χ2n) is 7.79. The summed E-state index contributed by atoms with van der Waals surface area (Å²) in [6.07, 6.45) is 0. The minimum absolute atomic E-state index is 0.00815. The van der Waals surface area contributed by atoms with Gasteiger partial charge in [-0.3, -0.25) is 0 Å². The van der Waals surface area contributed by atoms with Gasteiger partial charge in [0.2, 0.25) is 0 Å². The Bertz CT molecular complexity index is 1100. The molecule has 0 radical (unpaired) electrons. The number of aliphatic hydroxyl groups excluding tert-OH is 1. The second kappa shape index (κ2) is 7.41. The highest BCUT2D eigenvalue weighted by molar-refractivity contribution is 7.13. The fraction of sp³-hybridized carbons (Fsp3) is 0.261. The summed E-state index contributed by atoms with van der Waals surface area (Å²) in [5.41, 5.74) is 3.68. The molecule has 0 bridgehead atoms. The molecule has 0 aliphatic carbocycles. The van der Waals surface area contributed by atoms with E-state index in [1.807, 2.05) is 48.5 Å². The smallest absolute Gasteiger partial charge is 0.170 e. The lowest BCUT2D eigenvalue weighted by molar-refractivity contribution is 0.278. The molecule has 0 amide bonds. The maximum absolute atomic E-state index is 9.34. The van der Waals surface area contributed by atoms with Crippen LogP contribution in [-0.2, 0) is 18.6 Å². The maximum Gasteiger partial charge on any atom is 0.170 e. The number of hydrogen-bond donors (Lipinski definition) is 1. The fourth-order valence-electron chi connectivity index (χ4n) is 3.03. The summed E-state index contributed by atoms with van der Waals surface area (Å²) in [5.74, 6) is 1.48. The Morgan fingerprint density at radius 1 is 1.11 bits per heavy atom. The highest BCUT2D eigenvalue weighted by Crippen LogP contribution is 2.37. The molecule has 0 aliphatic rings. The van der Waals surface area contributed by atoms with Crippen molar-refractivity contribution >= 4 is 22.3 Å². The Balaban J connectivity index is 1.72. The lowest BCUT2D eigenvalue weighted by atomic mass is 9.93. The molecular weight excluding hydrogens is 370 g/mol. The van der Waals surface area contributed by atoms with Crippen LogP contribution in [0.2, 0.25) is 0 Å². The van der Waals surface area contributed by atoms with Crippen molar-refractivity contribution in [3.8, 4) is 16.5 Å². The first-order valence-corrected chi connectivity index (χ1v) is 10.1. The van der Waals surface area contributed by atoms with E-state index in [2.05, 4.69) is 26.2 Å². The Morgan fingerprint density at radius 3 is 2.68 bits per heavy atom. The number of hydrogen-bond acceptors (Lipinski definition) is 5. The highest BCUT2D eigenvalue weighted by atomic mass is 32.1. The zero-order valence-electron chi connectivity index (χ0n) is 16.2. The average molecular weight is 394 g/mol. The molecule has 4 rings (SSSR count). The molecule has 4 aromatic rings. The van der Waals surface area contributed by atoms with E-state index in [-0.39, 0.29) is 12.0 Å². The molecule has 28 heavy (non-hydrogen) atoms. The number of aromatic nitrogens is 1. The van der Waals surface area contributed by atoms with Gasteiger partial charge < -0.3 is 14.3 Å². The van der Waals surface area contributed by atoms with Gasteiger partial charge in [-0.15, -0.1) is 11.3 Å². The van der Waals surface area contributed by atoms with Gasteiger partial charge in [-0.1, -0.05) is 51.1 Å². The first kappa shape index (κ1) is 18.7. The van der Waals surface area contributed by atoms with Crippen molar-refractivity contribution in [2.24, 2.45) is 0 Å². The van der Waals surface area contributed by atoms with Gasteiger partial charge in [-0.05, 0) is 23.8 Å². The molecule has 0 aliphatic heterocycles. The molecule has 0 saturated carbocycles. The van der Waals surface area contributed by atoms with Gasteiger partial charge in [0.05, 0.1) is 12.3 Å². The quantitative estimate of drug-likeness (QED) is 0.457. The second-order valence-corrected chi connectivity index (χ2v) is 8.65. The van der Waals surface area contributed by atoms with E-state index in [0.29, 0.717) is 6.61 Å². The van der Waals surface area contributed by atoms with Crippen LogP contribution in [0.1, 0.15) is 37.6 Å². The lowest BCUT2D eigenvalue weighted by Gasteiger charge is -2.14. The average Bonchev–Trinajstić information content (AvgIpc) is 3.31. The number of fused-ring (bicyclic) bond motifs is 1. The number of ether oxygens (including phenoxy) is 1. The van der Waals surface area contributed by atoms with Gasteiger partial charge in [0.15, 0.2) is 10.8 Å². The topological polar surface area (TPSA) is 55.5 Å². The SMILES string of the molecule is CC(C)(C)c1csc(-c2oc3ccccc3c2COc2cccc(CO)c2)n1. The van der Waals surface area contributed by atoms with Crippen LogP contribution in [0.4, 0.5) is 0 Å². The third-order valence-corrected chi connectivity index (χ3v) is 5.47. The van der Waals surface area contributed by atoms with Crippen molar-refractivity contribution in [3.63, 3.8) is 0 Å². The fourth-order valence-corrected chi connectivity index (χ4v) is 4.08. The third-order valence-electron chi connectivity index (χ3n) is 4.63. The van der Waals surface area contributed by atoms with Gasteiger partial charge in [0.25, 0.3) is 0 Å². The van der Waals surface area contributed by atoms with Crippen LogP contribution in [0.5, 0.6) is 5.75 Å². The molecule has 0 saturated heterocycles. The van der Waals surface area contributed by atoms with Crippen molar-refractivity contribution < 1.29 is 14.3 Å². The first-order valence-electron chi connectivity index (χ1n) is 9.25. The summed E-state index contributed by atoms with van der Waals surface area (Å²) in [6, 6.07) is 15.5. The molecule has 0 fully saturated rings. The minimum Gasteiger partial charge on any atom is -0.489 e. The number of para-hydroxylation sites is 1. The zero-order valence-corrected chi connectivity index (χ0v) is 17.0. The molecular formula is C23H23NO3S. The highest BCUT2D eigenvalue weighted by Gasteiger charge is 2.23. The molecule has 144 valence electrons. The summed E-state index contributed by atoms with van der Waals surface area (Å²) in [4.78, 5) is 4.83. The Kier molecular flexibility index (Phi) is 4.96. The van der Waals surface area contributed by atoms with Crippen LogP contribution in [-0.4, -0.2) is 10.1 Å². The number of nitrogens with zero attached hydrogens (tertiary/aromatic N) is 1. The molecule has 2 heterocycles. The van der Waals surface area contributed by atoms with Crippen LogP contribution < -0.4 is 4.74 Å². The van der Waals surface area contributed by atoms with Crippen molar-refractivity contribution in [1.82, 2.24) is 4.98 Å². The summed E-state index contributed by atoms with van der Waals surface area (Å²) in [5, 5.41) is 13.3. The van der Waals surface area contributed by atoms with Gasteiger partial charge in [-0.2, -0.15) is 0 Å². The van der Waals surface area contributed by atoms with Crippen LogP contribution >= 0.6 is 11.3 Å². The van der Waals surface area contributed by atoms with Crippen molar-refractivity contribution in [1.29, 1.82) is 0 Å². The van der Waals surface area contributed by atoms with Gasteiger partial charge in [0.1, 0.15) is 17.9 Å². The van der Waals surface area contributed by atoms with E-state index in [9.17, 15) is 5.11 Å². The predicted molar refractivity (Wildman–Crippen MR) is 113 cm³/mol. The number of aliphatic hydroxyl groups is 1. The Hall–Kier alpha value is -2.63. The number of thiazole rings is 1. The Labute approximate surface area is 168 Å². The number of rotatable bonds is 5. The van der Waals surface area contributed by atoms with E-state index in [4.69, 9.17) is 14.1 Å². The van der Waals surface area contributed by atoms with E-state index in [0.717, 1.165) is 44.3 Å². The molecule has 4 nitrogen and oxygen atoms in total. The van der Waals surface area contributed by atoms with E-state index >= 15 is 0 Å². The lowest BCUT2D eigenvalue weighted by Crippen LogP contribution is -2.11. The largest absolute Gasteiger partial charge is 0.489 e. The molecule has 0 atom stereocenters. The molecule has 0 unspecified atom stereocenters. The van der Waals surface area contributed by atoms with E-state index < -0.39 is 0 Å². The van der Waals surface area contributed by atoms with Crippen molar-refractivity contribution in [2.75, 3.05) is 0 Å². The maximum atomic E-state index is 9.34. The Morgan fingerprint density at radius 2 is 1.93 bits per heavy atom. The summed E-state index contributed by atoms with van der Waals surface area (Å²) >= 11 is 1.59. The molecule has 5 heteroatoms. The van der Waals surface area contributed by atoms with Gasteiger partial charge in [-0.25, -0.2) is 4.98 Å². The van der Waals surface area contributed by atoms with Crippen LogP contribution in [0.25, 0.3) is 21.7 Å². The summed E-state index contributed by atoms with van der Waals surface area (Å²) in [7, 11) is 0. The van der Waals surface area contributed by atoms with Crippen LogP contribution in [0, 0.1) is 0 Å². The van der Waals surface area contributed by atoms with Crippen LogP contribution in [0.3, 0.4) is 0 Å². The predicted octanol–water partition coefficient (Wildman–Crippen LogP) is 5.93. The number of benzene rings is 2. The van der Waals surface area contributed by atoms with Crippen molar-refractivity contribution in [3.05, 3.63) is 70.7 Å². The van der Waals surface area contributed by atoms with Crippen LogP contribution in [0.15, 0.2) is 58.3 Å². The minimum atomic E-state index is -0.0117. The van der Waals surface area contributed by atoms with Gasteiger partial charge in [0, 0.05) is 21.7 Å². The molecule has 0 spiro atoms. The number of furan rings is 1. The monoisotopic (exact) mass is 393 g/mol. The van der Waals surface area contributed by atoms with E-state index in [1.165, 1.54) is 0 Å². The zero-order chi connectivity index (χ0) is 19.7. The van der Waals surface area contributed by atoms with Gasteiger partial charge >= 0.3 is 0 Å². The summed E-state index contributed by atoms with van der Waals surface area (Å²) < 4.78 is 12.2. The third kappa shape index (κ3) is 3.68. The molecule has 1 N–H and O–H groups in total. The van der Waals surface area contributed by atoms with E-state index in [1.54, 1.807) is 11.3 Å². The molecule has 2 aromatic carbocycles. The van der Waals surface area contributed by atoms with Crippen molar-refractivity contribution in [2.45, 2.75) is 39.4 Å².